The van der Waals surface area contributed by atoms with Gasteiger partial charge in [0.05, 0.1) is 13.2 Å². The molecule has 1 nitrogen and oxygen atoms in total. The van der Waals surface area contributed by atoms with E-state index in [9.17, 15) is 0 Å². The molecule has 104 valence electrons. The van der Waals surface area contributed by atoms with Gasteiger partial charge < -0.3 is 4.74 Å². The Morgan fingerprint density at radius 2 is 1.14 bits per heavy atom. The lowest BCUT2D eigenvalue weighted by Gasteiger charge is -1.99. The van der Waals surface area contributed by atoms with Crippen LogP contribution >= 0.6 is 22.7 Å². The zero-order valence-electron chi connectivity index (χ0n) is 11.4. The van der Waals surface area contributed by atoms with Crippen molar-refractivity contribution in [2.24, 2.45) is 0 Å². The monoisotopic (exact) mass is 310 g/mol. The van der Waals surface area contributed by atoms with Crippen molar-refractivity contribution in [2.45, 2.75) is 13.2 Å². The number of fused-ring (bicyclic) bond motifs is 2. The van der Waals surface area contributed by atoms with E-state index in [2.05, 4.69) is 60.7 Å². The van der Waals surface area contributed by atoms with Crippen LogP contribution in [0, 0.1) is 0 Å². The summed E-state index contributed by atoms with van der Waals surface area (Å²) in [5, 5.41) is 2.62. The van der Waals surface area contributed by atoms with E-state index in [1.807, 2.05) is 22.7 Å². The molecule has 2 heterocycles. The molecule has 0 saturated carbocycles. The van der Waals surface area contributed by atoms with Gasteiger partial charge in [-0.1, -0.05) is 36.4 Å². The summed E-state index contributed by atoms with van der Waals surface area (Å²) in [6, 6.07) is 21.4. The molecule has 0 unspecified atom stereocenters. The quantitative estimate of drug-likeness (QED) is 0.460. The van der Waals surface area contributed by atoms with Gasteiger partial charge in [-0.3, -0.25) is 0 Å². The van der Waals surface area contributed by atoms with E-state index in [0.717, 1.165) is 0 Å². The Morgan fingerprint density at radius 1 is 0.667 bits per heavy atom. The van der Waals surface area contributed by atoms with Crippen LogP contribution in [0.1, 0.15) is 9.75 Å². The lowest BCUT2D eigenvalue weighted by molar-refractivity contribution is 0.111. The topological polar surface area (TPSA) is 9.23 Å². The number of benzene rings is 2. The third-order valence-electron chi connectivity index (χ3n) is 3.44. The van der Waals surface area contributed by atoms with Crippen molar-refractivity contribution in [3.05, 3.63) is 70.4 Å². The van der Waals surface area contributed by atoms with Gasteiger partial charge in [0.2, 0.25) is 0 Å². The second-order valence-corrected chi connectivity index (χ2v) is 7.33. The summed E-state index contributed by atoms with van der Waals surface area (Å²) in [5.41, 5.74) is 0. The van der Waals surface area contributed by atoms with Crippen molar-refractivity contribution < 1.29 is 4.74 Å². The maximum Gasteiger partial charge on any atom is 0.0814 e. The molecule has 0 aliphatic carbocycles. The van der Waals surface area contributed by atoms with Crippen LogP contribution in [0.4, 0.5) is 0 Å². The minimum absolute atomic E-state index is 0.688. The molecule has 21 heavy (non-hydrogen) atoms. The van der Waals surface area contributed by atoms with Gasteiger partial charge in [0.1, 0.15) is 0 Å². The fourth-order valence-corrected chi connectivity index (χ4v) is 4.47. The van der Waals surface area contributed by atoms with E-state index in [4.69, 9.17) is 4.74 Å². The van der Waals surface area contributed by atoms with Gasteiger partial charge in [-0.15, -0.1) is 22.7 Å². The van der Waals surface area contributed by atoms with Crippen LogP contribution in [0.25, 0.3) is 20.2 Å². The zero-order valence-corrected chi connectivity index (χ0v) is 13.0. The third kappa shape index (κ3) is 2.72. The molecule has 4 aromatic rings. The molecule has 0 spiro atoms. The molecule has 3 heteroatoms. The molecule has 0 radical (unpaired) electrons. The van der Waals surface area contributed by atoms with Crippen molar-refractivity contribution in [2.75, 3.05) is 0 Å². The van der Waals surface area contributed by atoms with Crippen molar-refractivity contribution >= 4 is 42.8 Å². The predicted octanol–water partition coefficient (Wildman–Crippen LogP) is 5.83. The second kappa shape index (κ2) is 5.60. The standard InChI is InChI=1S/C18H14OS2/c1-3-7-17-13(5-1)9-15(20-17)11-19-12-16-10-14-6-2-4-8-18(14)21-16/h1-10H,11-12H2. The fourth-order valence-electron chi connectivity index (χ4n) is 2.47. The van der Waals surface area contributed by atoms with E-state index in [1.54, 1.807) is 0 Å². The van der Waals surface area contributed by atoms with Gasteiger partial charge in [0, 0.05) is 19.2 Å². The predicted molar refractivity (Wildman–Crippen MR) is 92.1 cm³/mol. The third-order valence-corrected chi connectivity index (χ3v) is 5.62. The van der Waals surface area contributed by atoms with E-state index >= 15 is 0 Å². The maximum atomic E-state index is 5.89. The van der Waals surface area contributed by atoms with E-state index < -0.39 is 0 Å². The highest BCUT2D eigenvalue weighted by Gasteiger charge is 2.04. The molecule has 2 aromatic heterocycles. The lowest BCUT2D eigenvalue weighted by atomic mass is 10.2. The van der Waals surface area contributed by atoms with Crippen LogP contribution in [0.15, 0.2) is 60.7 Å². The molecule has 0 bridgehead atoms. The smallest absolute Gasteiger partial charge is 0.0814 e. The van der Waals surface area contributed by atoms with Gasteiger partial charge >= 0.3 is 0 Å². The summed E-state index contributed by atoms with van der Waals surface area (Å²) < 4.78 is 8.55. The highest BCUT2D eigenvalue weighted by Crippen LogP contribution is 2.28. The summed E-state index contributed by atoms with van der Waals surface area (Å²) >= 11 is 3.63. The lowest BCUT2D eigenvalue weighted by Crippen LogP contribution is -1.89. The minimum atomic E-state index is 0.688. The van der Waals surface area contributed by atoms with Gasteiger partial charge in [0.15, 0.2) is 0 Å². The minimum Gasteiger partial charge on any atom is -0.370 e. The van der Waals surface area contributed by atoms with Crippen molar-refractivity contribution in [3.63, 3.8) is 0 Å². The Balaban J connectivity index is 1.44. The molecule has 0 aliphatic rings. The Kier molecular flexibility index (Phi) is 3.47. The first kappa shape index (κ1) is 13.0. The van der Waals surface area contributed by atoms with Crippen molar-refractivity contribution in [1.82, 2.24) is 0 Å². The Morgan fingerprint density at radius 3 is 1.62 bits per heavy atom. The van der Waals surface area contributed by atoms with E-state index in [-0.39, 0.29) is 0 Å². The van der Waals surface area contributed by atoms with Crippen LogP contribution < -0.4 is 0 Å². The fraction of sp³-hybridized carbons (Fsp3) is 0.111. The first-order valence-electron chi connectivity index (χ1n) is 6.91. The highest BCUT2D eigenvalue weighted by atomic mass is 32.1. The van der Waals surface area contributed by atoms with Gasteiger partial charge in [-0.2, -0.15) is 0 Å². The summed E-state index contributed by atoms with van der Waals surface area (Å²) in [6.45, 7) is 1.38. The zero-order chi connectivity index (χ0) is 14.1. The second-order valence-electron chi connectivity index (χ2n) is 4.99. The molecule has 0 N–H and O–H groups in total. The number of thiophene rings is 2. The number of ether oxygens (including phenoxy) is 1. The molecule has 0 atom stereocenters. The molecule has 4 rings (SSSR count). The summed E-state index contributed by atoms with van der Waals surface area (Å²) in [4.78, 5) is 2.58. The molecular formula is C18H14OS2. The van der Waals surface area contributed by atoms with E-state index in [1.165, 1.54) is 29.9 Å². The molecule has 0 aliphatic heterocycles. The van der Waals surface area contributed by atoms with Crippen molar-refractivity contribution in [1.29, 1.82) is 0 Å². The van der Waals surface area contributed by atoms with Crippen LogP contribution in [0.2, 0.25) is 0 Å². The molecular weight excluding hydrogens is 296 g/mol. The SMILES string of the molecule is c1ccc2sc(COCc3cc4ccccc4s3)cc2c1. The number of hydrogen-bond acceptors (Lipinski definition) is 3. The first-order valence-corrected chi connectivity index (χ1v) is 8.54. The molecule has 0 fully saturated rings. The molecule has 2 aromatic carbocycles. The number of rotatable bonds is 4. The van der Waals surface area contributed by atoms with E-state index in [0.29, 0.717) is 13.2 Å². The molecule has 0 amide bonds. The average Bonchev–Trinajstić information content (AvgIpc) is 3.09. The first-order chi connectivity index (χ1) is 10.4. The highest BCUT2D eigenvalue weighted by molar-refractivity contribution is 7.19. The average molecular weight is 310 g/mol. The normalized spacial score (nSPS) is 11.4. The van der Waals surface area contributed by atoms with Crippen molar-refractivity contribution in [3.8, 4) is 0 Å². The van der Waals surface area contributed by atoms with Gasteiger partial charge in [0.25, 0.3) is 0 Å². The largest absolute Gasteiger partial charge is 0.370 e. The van der Waals surface area contributed by atoms with Crippen LogP contribution in [0.5, 0.6) is 0 Å². The number of hydrogen-bond donors (Lipinski definition) is 0. The van der Waals surface area contributed by atoms with Gasteiger partial charge in [-0.05, 0) is 35.0 Å². The van der Waals surface area contributed by atoms with Crippen LogP contribution in [-0.4, -0.2) is 0 Å². The Hall–Kier alpha value is -1.68. The Labute approximate surface area is 131 Å². The summed E-state index contributed by atoms with van der Waals surface area (Å²) in [7, 11) is 0. The van der Waals surface area contributed by atoms with Crippen LogP contribution in [0.3, 0.4) is 0 Å². The summed E-state index contributed by atoms with van der Waals surface area (Å²) in [6.07, 6.45) is 0. The van der Waals surface area contributed by atoms with Gasteiger partial charge in [-0.25, -0.2) is 0 Å². The molecule has 0 saturated heterocycles. The summed E-state index contributed by atoms with van der Waals surface area (Å²) in [5.74, 6) is 0. The Bertz CT molecular complexity index is 748. The maximum absolute atomic E-state index is 5.89. The van der Waals surface area contributed by atoms with Crippen LogP contribution in [-0.2, 0) is 18.0 Å².